The number of rotatable bonds is 3. The first kappa shape index (κ1) is 23.6. The Labute approximate surface area is 218 Å². The number of fused-ring (bicyclic) bond motifs is 4. The first-order chi connectivity index (χ1) is 17.8. The van der Waals surface area contributed by atoms with E-state index in [0.717, 1.165) is 52.0 Å². The van der Waals surface area contributed by atoms with E-state index < -0.39 is 6.09 Å². The third kappa shape index (κ3) is 3.94. The summed E-state index contributed by atoms with van der Waals surface area (Å²) in [6.07, 6.45) is 2.95. The van der Waals surface area contributed by atoms with E-state index in [1.165, 1.54) is 11.3 Å². The highest BCUT2D eigenvalue weighted by Gasteiger charge is 2.43. The lowest BCUT2D eigenvalue weighted by molar-refractivity contribution is 0.0938. The van der Waals surface area contributed by atoms with Gasteiger partial charge in [0.05, 0.1) is 29.0 Å². The highest BCUT2D eigenvalue weighted by atomic mass is 32.1. The summed E-state index contributed by atoms with van der Waals surface area (Å²) >= 11 is 1.31. The van der Waals surface area contributed by atoms with Crippen molar-refractivity contribution in [3.8, 4) is 6.07 Å². The number of aryl methyl sites for hydroxylation is 1. The van der Waals surface area contributed by atoms with Crippen LogP contribution in [0, 0.1) is 18.3 Å². The quantitative estimate of drug-likeness (QED) is 0.483. The fraction of sp³-hybridized carbons (Fsp3) is 0.407. The number of amides is 2. The van der Waals surface area contributed by atoms with Gasteiger partial charge in [0.2, 0.25) is 0 Å². The Kier molecular flexibility index (Phi) is 5.68. The molecule has 37 heavy (non-hydrogen) atoms. The number of carbonyl (C=O) groups is 2. The predicted octanol–water partition coefficient (Wildman–Crippen LogP) is 3.68. The third-order valence-electron chi connectivity index (χ3n) is 8.03. The largest absolute Gasteiger partial charge is 0.465 e. The Morgan fingerprint density at radius 1 is 1.19 bits per heavy atom. The molecule has 3 aliphatic rings. The standard InChI is InChI=1S/C27H28N6O3S/c1-14-2-7-20-23(29)24(37-26(20)30-14)25(34)31-16-4-8-19-15(10-16)3-9-22(21(19)11-28)32-12-17-5-6-18(13-32)33(17)27(35)36/h2-3,7,9,16-18H,4-6,8,10,12-13,29H2,1H3,(H,31,34)(H,35,36)/t16-,17?,18?/m1/s1. The zero-order valence-corrected chi connectivity index (χ0v) is 21.3. The molecule has 2 saturated heterocycles. The maximum absolute atomic E-state index is 13.1. The van der Waals surface area contributed by atoms with Gasteiger partial charge in [0, 0.05) is 30.2 Å². The molecule has 2 aromatic heterocycles. The number of hydrogen-bond donors (Lipinski definition) is 3. The van der Waals surface area contributed by atoms with Crippen LogP contribution in [-0.2, 0) is 12.8 Å². The number of nitriles is 1. The molecular formula is C27H28N6O3S. The van der Waals surface area contributed by atoms with Crippen LogP contribution in [0.15, 0.2) is 24.3 Å². The molecule has 9 nitrogen and oxygen atoms in total. The lowest BCUT2D eigenvalue weighted by atomic mass is 9.84. The second kappa shape index (κ2) is 8.92. The van der Waals surface area contributed by atoms with Gasteiger partial charge in [-0.1, -0.05) is 6.07 Å². The summed E-state index contributed by atoms with van der Waals surface area (Å²) in [6, 6.07) is 10.2. The number of anilines is 2. The van der Waals surface area contributed by atoms with Crippen molar-refractivity contribution in [1.29, 1.82) is 5.26 Å². The molecule has 2 fully saturated rings. The summed E-state index contributed by atoms with van der Waals surface area (Å²) < 4.78 is 0. The number of nitrogen functional groups attached to an aromatic ring is 1. The maximum atomic E-state index is 13.1. The fourth-order valence-corrected chi connectivity index (χ4v) is 7.32. The zero-order chi connectivity index (χ0) is 25.8. The van der Waals surface area contributed by atoms with Crippen molar-refractivity contribution in [3.05, 3.63) is 51.5 Å². The number of nitrogens with two attached hydrogens (primary N) is 1. The smallest absolute Gasteiger partial charge is 0.407 e. The first-order valence-corrected chi connectivity index (χ1v) is 13.4. The molecule has 4 N–H and O–H groups in total. The van der Waals surface area contributed by atoms with Crippen molar-refractivity contribution < 1.29 is 14.7 Å². The number of hydrogen-bond acceptors (Lipinski definition) is 7. The SMILES string of the molecule is Cc1ccc2c(N)c(C(=O)N[C@@H]3CCc4c(ccc(N5CC6CCC(C5)N6C(=O)O)c4C#N)C3)sc2n1. The van der Waals surface area contributed by atoms with Gasteiger partial charge in [-0.05, 0) is 68.4 Å². The van der Waals surface area contributed by atoms with Crippen LogP contribution < -0.4 is 16.0 Å². The van der Waals surface area contributed by atoms with E-state index in [4.69, 9.17) is 5.73 Å². The molecule has 10 heteroatoms. The molecule has 2 bridgehead atoms. The van der Waals surface area contributed by atoms with Crippen LogP contribution in [0.3, 0.4) is 0 Å². The molecule has 3 aromatic rings. The summed E-state index contributed by atoms with van der Waals surface area (Å²) in [7, 11) is 0. The van der Waals surface area contributed by atoms with E-state index in [9.17, 15) is 20.0 Å². The zero-order valence-electron chi connectivity index (χ0n) is 20.5. The summed E-state index contributed by atoms with van der Waals surface area (Å²) in [6.45, 7) is 3.13. The average molecular weight is 517 g/mol. The van der Waals surface area contributed by atoms with Crippen molar-refractivity contribution in [2.75, 3.05) is 23.7 Å². The Hall–Kier alpha value is -3.84. The molecule has 3 atom stereocenters. The van der Waals surface area contributed by atoms with Crippen LogP contribution in [0.2, 0.25) is 0 Å². The van der Waals surface area contributed by atoms with Crippen LogP contribution in [-0.4, -0.2) is 58.2 Å². The van der Waals surface area contributed by atoms with Crippen molar-refractivity contribution >= 4 is 44.9 Å². The van der Waals surface area contributed by atoms with Crippen molar-refractivity contribution in [2.24, 2.45) is 0 Å². The normalized spacial score (nSPS) is 22.5. The molecule has 6 rings (SSSR count). The number of nitrogens with one attached hydrogen (secondary N) is 1. The maximum Gasteiger partial charge on any atom is 0.407 e. The molecule has 2 unspecified atom stereocenters. The van der Waals surface area contributed by atoms with Gasteiger partial charge in [-0.25, -0.2) is 9.78 Å². The summed E-state index contributed by atoms with van der Waals surface area (Å²) in [4.78, 5) is 34.3. The minimum Gasteiger partial charge on any atom is -0.465 e. The van der Waals surface area contributed by atoms with Gasteiger partial charge in [-0.3, -0.25) is 9.69 Å². The highest BCUT2D eigenvalue weighted by Crippen LogP contribution is 2.37. The number of piperazine rings is 1. The van der Waals surface area contributed by atoms with Crippen LogP contribution >= 0.6 is 11.3 Å². The Morgan fingerprint density at radius 3 is 2.65 bits per heavy atom. The number of carbonyl (C=O) groups excluding carboxylic acids is 1. The number of thiophene rings is 1. The van der Waals surface area contributed by atoms with Crippen LogP contribution in [0.4, 0.5) is 16.2 Å². The third-order valence-corrected chi connectivity index (χ3v) is 9.14. The topological polar surface area (TPSA) is 136 Å². The Balaban J connectivity index is 1.20. The number of carboxylic acid groups (broad SMARTS) is 1. The van der Waals surface area contributed by atoms with Gasteiger partial charge in [-0.15, -0.1) is 11.3 Å². The van der Waals surface area contributed by atoms with Crippen LogP contribution in [0.25, 0.3) is 10.2 Å². The van der Waals surface area contributed by atoms with Crippen molar-refractivity contribution in [2.45, 2.75) is 57.2 Å². The van der Waals surface area contributed by atoms with Gasteiger partial charge in [0.25, 0.3) is 5.91 Å². The summed E-state index contributed by atoms with van der Waals surface area (Å²) in [5, 5.41) is 23.6. The minimum atomic E-state index is -0.852. The summed E-state index contributed by atoms with van der Waals surface area (Å²) in [5.74, 6) is -0.185. The lowest BCUT2D eigenvalue weighted by Gasteiger charge is -2.41. The van der Waals surface area contributed by atoms with E-state index in [-0.39, 0.29) is 24.0 Å². The van der Waals surface area contributed by atoms with Gasteiger partial charge in [0.1, 0.15) is 15.8 Å². The van der Waals surface area contributed by atoms with Gasteiger partial charge >= 0.3 is 6.09 Å². The molecule has 0 saturated carbocycles. The molecule has 1 aliphatic carbocycles. The van der Waals surface area contributed by atoms with Crippen molar-refractivity contribution in [1.82, 2.24) is 15.2 Å². The Morgan fingerprint density at radius 2 is 1.95 bits per heavy atom. The first-order valence-electron chi connectivity index (χ1n) is 12.6. The van der Waals surface area contributed by atoms with E-state index in [0.29, 0.717) is 42.1 Å². The predicted molar refractivity (Wildman–Crippen MR) is 142 cm³/mol. The minimum absolute atomic E-state index is 0.0288. The second-order valence-electron chi connectivity index (χ2n) is 10.3. The van der Waals surface area contributed by atoms with Gasteiger partial charge in [-0.2, -0.15) is 5.26 Å². The van der Waals surface area contributed by atoms with E-state index in [2.05, 4.69) is 27.3 Å². The number of benzene rings is 1. The fourth-order valence-electron chi connectivity index (χ4n) is 6.27. The second-order valence-corrected chi connectivity index (χ2v) is 11.3. The molecule has 2 aliphatic heterocycles. The van der Waals surface area contributed by atoms with E-state index in [1.54, 1.807) is 4.90 Å². The molecule has 190 valence electrons. The molecule has 4 heterocycles. The number of aromatic nitrogens is 1. The molecule has 1 aromatic carbocycles. The molecule has 0 spiro atoms. The Bertz CT molecular complexity index is 1460. The molecular weight excluding hydrogens is 488 g/mol. The van der Waals surface area contributed by atoms with Crippen LogP contribution in [0.5, 0.6) is 0 Å². The molecule has 2 amide bonds. The van der Waals surface area contributed by atoms with Gasteiger partial charge < -0.3 is 21.1 Å². The van der Waals surface area contributed by atoms with Crippen LogP contribution in [0.1, 0.15) is 51.3 Å². The van der Waals surface area contributed by atoms with E-state index in [1.807, 2.05) is 25.1 Å². The monoisotopic (exact) mass is 516 g/mol. The number of pyridine rings is 1. The average Bonchev–Trinajstić information content (AvgIpc) is 3.35. The lowest BCUT2D eigenvalue weighted by Crippen LogP contribution is -2.55. The summed E-state index contributed by atoms with van der Waals surface area (Å²) in [5.41, 5.74) is 11.3. The van der Waals surface area contributed by atoms with Gasteiger partial charge in [0.15, 0.2) is 0 Å². The van der Waals surface area contributed by atoms with E-state index >= 15 is 0 Å². The molecule has 0 radical (unpaired) electrons. The highest BCUT2D eigenvalue weighted by molar-refractivity contribution is 7.21. The number of nitrogens with zero attached hydrogens (tertiary/aromatic N) is 4. The van der Waals surface area contributed by atoms with Crippen molar-refractivity contribution in [3.63, 3.8) is 0 Å².